The van der Waals surface area contributed by atoms with Crippen LogP contribution in [0.3, 0.4) is 0 Å². The minimum absolute atomic E-state index is 0.307. The standard InChI is InChI=1S/C16H16ClNO5/c1-3-16(2)10-5-4-8(17)6-9(10)13(21)12(14(16)22)15(23)18-7-11(19)20/h4-6,21H,3,7H2,1-2H3,(H,18,23)(H,19,20)/t16-/m1/s1. The Hall–Kier alpha value is -2.34. The van der Waals surface area contributed by atoms with Crippen LogP contribution in [0.15, 0.2) is 23.8 Å². The Morgan fingerprint density at radius 1 is 1.35 bits per heavy atom. The predicted molar refractivity (Wildman–Crippen MR) is 84.3 cm³/mol. The Balaban J connectivity index is 2.61. The van der Waals surface area contributed by atoms with E-state index in [0.717, 1.165) is 0 Å². The third-order valence-electron chi connectivity index (χ3n) is 4.13. The highest BCUT2D eigenvalue weighted by atomic mass is 35.5. The Morgan fingerprint density at radius 3 is 2.57 bits per heavy atom. The summed E-state index contributed by atoms with van der Waals surface area (Å²) in [6.07, 6.45) is 0.406. The number of rotatable bonds is 4. The molecule has 1 amide bonds. The van der Waals surface area contributed by atoms with E-state index in [1.807, 2.05) is 0 Å². The fourth-order valence-electron chi connectivity index (χ4n) is 2.64. The van der Waals surface area contributed by atoms with Gasteiger partial charge in [0.15, 0.2) is 5.78 Å². The van der Waals surface area contributed by atoms with Crippen LogP contribution in [0.5, 0.6) is 0 Å². The van der Waals surface area contributed by atoms with Gasteiger partial charge >= 0.3 is 5.97 Å². The van der Waals surface area contributed by atoms with E-state index in [4.69, 9.17) is 16.7 Å². The van der Waals surface area contributed by atoms with Crippen molar-refractivity contribution >= 4 is 35.0 Å². The zero-order valence-corrected chi connectivity index (χ0v) is 13.4. The molecule has 0 spiro atoms. The zero-order valence-electron chi connectivity index (χ0n) is 12.6. The molecule has 6 nitrogen and oxygen atoms in total. The summed E-state index contributed by atoms with van der Waals surface area (Å²) in [5.41, 5.74) is -0.545. The van der Waals surface area contributed by atoms with Gasteiger partial charge in [-0.1, -0.05) is 24.6 Å². The highest BCUT2D eigenvalue weighted by Gasteiger charge is 2.45. The third kappa shape index (κ3) is 2.82. The minimum atomic E-state index is -1.25. The van der Waals surface area contributed by atoms with Gasteiger partial charge in [-0.25, -0.2) is 0 Å². The molecule has 1 aliphatic rings. The Labute approximate surface area is 137 Å². The van der Waals surface area contributed by atoms with Crippen molar-refractivity contribution in [3.05, 3.63) is 39.9 Å². The summed E-state index contributed by atoms with van der Waals surface area (Å²) >= 11 is 5.95. The second-order valence-corrected chi connectivity index (χ2v) is 5.94. The number of aliphatic hydroxyl groups excluding tert-OH is 1. The molecule has 0 unspecified atom stereocenters. The van der Waals surface area contributed by atoms with E-state index in [9.17, 15) is 19.5 Å². The lowest BCUT2D eigenvalue weighted by Crippen LogP contribution is -2.43. The van der Waals surface area contributed by atoms with Crippen molar-refractivity contribution in [1.82, 2.24) is 5.32 Å². The molecule has 1 aromatic rings. The molecular formula is C16H16ClNO5. The van der Waals surface area contributed by atoms with Crippen LogP contribution >= 0.6 is 11.6 Å². The molecule has 0 saturated carbocycles. The topological polar surface area (TPSA) is 104 Å². The van der Waals surface area contributed by atoms with E-state index in [1.165, 1.54) is 6.07 Å². The smallest absolute Gasteiger partial charge is 0.322 e. The van der Waals surface area contributed by atoms with Crippen molar-refractivity contribution in [3.8, 4) is 0 Å². The molecule has 1 aliphatic carbocycles. The molecule has 0 aliphatic heterocycles. The van der Waals surface area contributed by atoms with Gasteiger partial charge in [-0.05, 0) is 31.0 Å². The van der Waals surface area contributed by atoms with Gasteiger partial charge in [0, 0.05) is 10.6 Å². The number of carbonyl (C=O) groups excluding carboxylic acids is 2. The fraction of sp³-hybridized carbons (Fsp3) is 0.312. The van der Waals surface area contributed by atoms with Crippen LogP contribution in [0, 0.1) is 0 Å². The lowest BCUT2D eigenvalue weighted by Gasteiger charge is -2.34. The van der Waals surface area contributed by atoms with Gasteiger partial charge in [0.25, 0.3) is 5.91 Å². The highest BCUT2D eigenvalue weighted by molar-refractivity contribution is 6.32. The van der Waals surface area contributed by atoms with Crippen LogP contribution in [0.25, 0.3) is 5.76 Å². The Kier molecular flexibility index (Phi) is 4.47. The van der Waals surface area contributed by atoms with E-state index < -0.39 is 41.0 Å². The number of amides is 1. The van der Waals surface area contributed by atoms with Gasteiger partial charge in [0.05, 0.1) is 5.41 Å². The van der Waals surface area contributed by atoms with Crippen molar-refractivity contribution in [2.24, 2.45) is 0 Å². The Morgan fingerprint density at radius 2 is 2.00 bits per heavy atom. The van der Waals surface area contributed by atoms with Crippen molar-refractivity contribution in [2.75, 3.05) is 6.54 Å². The number of carboxylic acid groups (broad SMARTS) is 1. The monoisotopic (exact) mass is 337 g/mol. The van der Waals surface area contributed by atoms with Gasteiger partial charge in [-0.2, -0.15) is 0 Å². The number of nitrogens with one attached hydrogen (secondary N) is 1. The number of aliphatic hydroxyl groups is 1. The molecule has 7 heteroatoms. The molecule has 0 fully saturated rings. The zero-order chi connectivity index (χ0) is 17.4. The molecule has 122 valence electrons. The largest absolute Gasteiger partial charge is 0.506 e. The second kappa shape index (κ2) is 6.04. The highest BCUT2D eigenvalue weighted by Crippen LogP contribution is 2.42. The number of hydrogen-bond acceptors (Lipinski definition) is 4. The van der Waals surface area contributed by atoms with E-state index >= 15 is 0 Å². The number of carboxylic acids is 1. The molecule has 1 aromatic carbocycles. The van der Waals surface area contributed by atoms with Gasteiger partial charge in [-0.3, -0.25) is 14.4 Å². The van der Waals surface area contributed by atoms with Crippen molar-refractivity contribution < 1.29 is 24.6 Å². The van der Waals surface area contributed by atoms with Crippen LogP contribution < -0.4 is 5.32 Å². The SMILES string of the molecule is CC[C@@]1(C)C(=O)C(C(=O)NCC(=O)O)=C(O)c2cc(Cl)ccc21. The van der Waals surface area contributed by atoms with Crippen LogP contribution in [0.4, 0.5) is 0 Å². The molecule has 0 saturated heterocycles. The first-order valence-electron chi connectivity index (χ1n) is 7.00. The summed E-state index contributed by atoms with van der Waals surface area (Å²) in [6.45, 7) is 2.83. The van der Waals surface area contributed by atoms with Crippen LogP contribution in [0.2, 0.25) is 5.02 Å². The summed E-state index contributed by atoms with van der Waals surface area (Å²) in [7, 11) is 0. The van der Waals surface area contributed by atoms with Crippen LogP contribution in [0.1, 0.15) is 31.4 Å². The van der Waals surface area contributed by atoms with E-state index in [0.29, 0.717) is 22.6 Å². The van der Waals surface area contributed by atoms with Crippen LogP contribution in [-0.2, 0) is 19.8 Å². The number of Topliss-reactive ketones (excluding diaryl/α,β-unsaturated/α-hetero) is 1. The molecule has 0 radical (unpaired) electrons. The van der Waals surface area contributed by atoms with Crippen LogP contribution in [-0.4, -0.2) is 34.4 Å². The lowest BCUT2D eigenvalue weighted by molar-refractivity contribution is -0.138. The molecule has 3 N–H and O–H groups in total. The number of ketones is 1. The molecular weight excluding hydrogens is 322 g/mol. The summed E-state index contributed by atoms with van der Waals surface area (Å²) in [6, 6.07) is 4.75. The maximum absolute atomic E-state index is 12.8. The lowest BCUT2D eigenvalue weighted by atomic mass is 9.68. The van der Waals surface area contributed by atoms with Gasteiger partial charge in [-0.15, -0.1) is 0 Å². The first-order chi connectivity index (χ1) is 10.7. The number of hydrogen-bond donors (Lipinski definition) is 3. The van der Waals surface area contributed by atoms with Gasteiger partial charge in [0.1, 0.15) is 17.9 Å². The van der Waals surface area contributed by atoms with Crippen molar-refractivity contribution in [3.63, 3.8) is 0 Å². The molecule has 0 aromatic heterocycles. The molecule has 0 bridgehead atoms. The summed E-state index contributed by atoms with van der Waals surface area (Å²) < 4.78 is 0. The first kappa shape index (κ1) is 17.0. The predicted octanol–water partition coefficient (Wildman–Crippen LogP) is 2.06. The van der Waals surface area contributed by atoms with E-state index in [1.54, 1.807) is 26.0 Å². The second-order valence-electron chi connectivity index (χ2n) is 5.50. The summed E-state index contributed by atoms with van der Waals surface area (Å²) in [5.74, 6) is -3.19. The quantitative estimate of drug-likeness (QED) is 0.730. The van der Waals surface area contributed by atoms with E-state index in [-0.39, 0.29) is 0 Å². The maximum atomic E-state index is 12.8. The number of aliphatic carboxylic acids is 1. The summed E-state index contributed by atoms with van der Waals surface area (Å²) in [5, 5.41) is 21.5. The molecule has 23 heavy (non-hydrogen) atoms. The van der Waals surface area contributed by atoms with Crippen molar-refractivity contribution in [1.29, 1.82) is 0 Å². The minimum Gasteiger partial charge on any atom is -0.506 e. The Bertz CT molecular complexity index is 740. The van der Waals surface area contributed by atoms with Gasteiger partial charge < -0.3 is 15.5 Å². The number of halogens is 1. The maximum Gasteiger partial charge on any atom is 0.322 e. The summed E-state index contributed by atoms with van der Waals surface area (Å²) in [4.78, 5) is 35.5. The number of fused-ring (bicyclic) bond motifs is 1. The normalized spacial score (nSPS) is 20.2. The van der Waals surface area contributed by atoms with Gasteiger partial charge in [0.2, 0.25) is 0 Å². The number of benzene rings is 1. The average Bonchev–Trinajstić information content (AvgIpc) is 2.50. The third-order valence-corrected chi connectivity index (χ3v) is 4.37. The molecule has 1 atom stereocenters. The first-order valence-corrected chi connectivity index (χ1v) is 7.38. The van der Waals surface area contributed by atoms with Crippen molar-refractivity contribution in [2.45, 2.75) is 25.7 Å². The number of carbonyl (C=O) groups is 3. The molecule has 2 rings (SSSR count). The molecule has 0 heterocycles. The average molecular weight is 338 g/mol. The van der Waals surface area contributed by atoms with E-state index in [2.05, 4.69) is 5.32 Å². The fourth-order valence-corrected chi connectivity index (χ4v) is 2.81.